The maximum Gasteiger partial charge on any atom is 0.309 e. The van der Waals surface area contributed by atoms with Gasteiger partial charge in [-0.3, -0.25) is 4.79 Å². The molecule has 0 aromatic carbocycles. The number of rotatable bonds is 4. The van der Waals surface area contributed by atoms with Gasteiger partial charge in [0.1, 0.15) is 6.10 Å². The Morgan fingerprint density at radius 2 is 1.87 bits per heavy atom. The van der Waals surface area contributed by atoms with Gasteiger partial charge in [0.25, 0.3) is 0 Å². The molecule has 2 heteroatoms. The van der Waals surface area contributed by atoms with Gasteiger partial charge >= 0.3 is 5.97 Å². The number of carbonyl (C=O) groups excluding carboxylic acids is 1. The Balaban J connectivity index is 2.41. The van der Waals surface area contributed by atoms with Crippen molar-refractivity contribution in [2.24, 2.45) is 11.8 Å². The van der Waals surface area contributed by atoms with Gasteiger partial charge in [-0.15, -0.1) is 0 Å². The summed E-state index contributed by atoms with van der Waals surface area (Å²) in [6, 6.07) is 0. The van der Waals surface area contributed by atoms with Crippen LogP contribution in [0.25, 0.3) is 0 Å². The normalized spacial score (nSPS) is 26.7. The number of hydrogen-bond donors (Lipinski definition) is 0. The van der Waals surface area contributed by atoms with Crippen LogP contribution in [0.2, 0.25) is 0 Å². The predicted molar refractivity (Wildman–Crippen MR) is 61.6 cm³/mol. The largest absolute Gasteiger partial charge is 0.462 e. The lowest BCUT2D eigenvalue weighted by atomic mass is 9.88. The van der Waals surface area contributed by atoms with Crippen molar-refractivity contribution in [1.29, 1.82) is 0 Å². The molecule has 0 aliphatic heterocycles. The topological polar surface area (TPSA) is 26.3 Å². The second kappa shape index (κ2) is 6.14. The average Bonchev–Trinajstić information content (AvgIpc) is 2.23. The maximum atomic E-state index is 11.8. The second-order valence-electron chi connectivity index (χ2n) is 4.75. The third-order valence-electron chi connectivity index (χ3n) is 3.62. The molecule has 0 spiro atoms. The summed E-state index contributed by atoms with van der Waals surface area (Å²) >= 11 is 0. The minimum Gasteiger partial charge on any atom is -0.462 e. The standard InChI is InChI=1S/C13H24O2/c1-4-11(5-2)13(14)15-12-9-7-6-8-10(12)3/h10-12H,4-9H2,1-3H3/t10-,12-/m1/s1. The summed E-state index contributed by atoms with van der Waals surface area (Å²) in [6.07, 6.45) is 6.76. The highest BCUT2D eigenvalue weighted by Gasteiger charge is 2.26. The van der Waals surface area contributed by atoms with Crippen LogP contribution in [-0.2, 0) is 9.53 Å². The van der Waals surface area contributed by atoms with Gasteiger partial charge in [-0.05, 0) is 38.0 Å². The summed E-state index contributed by atoms with van der Waals surface area (Å²) < 4.78 is 5.61. The van der Waals surface area contributed by atoms with Crippen LogP contribution in [0.1, 0.15) is 59.3 Å². The lowest BCUT2D eigenvalue weighted by molar-refractivity contribution is -0.158. The Morgan fingerprint density at radius 3 is 2.40 bits per heavy atom. The third kappa shape index (κ3) is 3.51. The molecular formula is C13H24O2. The molecule has 1 saturated carbocycles. The lowest BCUT2D eigenvalue weighted by Gasteiger charge is -2.29. The summed E-state index contributed by atoms with van der Waals surface area (Å²) in [6.45, 7) is 6.31. The fourth-order valence-corrected chi connectivity index (χ4v) is 2.32. The SMILES string of the molecule is CCC(CC)C(=O)O[C@@H]1CCCC[C@H]1C. The lowest BCUT2D eigenvalue weighted by Crippen LogP contribution is -2.30. The zero-order valence-electron chi connectivity index (χ0n) is 10.3. The Hall–Kier alpha value is -0.530. The first-order valence-electron chi connectivity index (χ1n) is 6.39. The fraction of sp³-hybridized carbons (Fsp3) is 0.923. The van der Waals surface area contributed by atoms with Crippen LogP contribution < -0.4 is 0 Å². The molecule has 1 aliphatic carbocycles. The van der Waals surface area contributed by atoms with E-state index in [0.29, 0.717) is 5.92 Å². The molecule has 88 valence electrons. The van der Waals surface area contributed by atoms with Crippen LogP contribution in [0.3, 0.4) is 0 Å². The van der Waals surface area contributed by atoms with E-state index < -0.39 is 0 Å². The van der Waals surface area contributed by atoms with Crippen LogP contribution >= 0.6 is 0 Å². The first-order chi connectivity index (χ1) is 7.19. The van der Waals surface area contributed by atoms with Crippen molar-refractivity contribution in [3.05, 3.63) is 0 Å². The molecule has 0 radical (unpaired) electrons. The summed E-state index contributed by atoms with van der Waals surface area (Å²) in [5, 5.41) is 0. The minimum absolute atomic E-state index is 0.0266. The van der Waals surface area contributed by atoms with Gasteiger partial charge < -0.3 is 4.74 Å². The third-order valence-corrected chi connectivity index (χ3v) is 3.62. The molecule has 1 rings (SSSR count). The second-order valence-corrected chi connectivity index (χ2v) is 4.75. The monoisotopic (exact) mass is 212 g/mol. The van der Waals surface area contributed by atoms with Crippen LogP contribution in [0.4, 0.5) is 0 Å². The highest BCUT2D eigenvalue weighted by atomic mass is 16.5. The molecule has 1 fully saturated rings. The molecule has 0 aromatic rings. The van der Waals surface area contributed by atoms with Crippen molar-refractivity contribution >= 4 is 5.97 Å². The van der Waals surface area contributed by atoms with Gasteiger partial charge in [0.05, 0.1) is 5.92 Å². The van der Waals surface area contributed by atoms with Crippen LogP contribution in [0, 0.1) is 11.8 Å². The van der Waals surface area contributed by atoms with E-state index in [1.165, 1.54) is 19.3 Å². The summed E-state index contributed by atoms with van der Waals surface area (Å²) in [7, 11) is 0. The van der Waals surface area contributed by atoms with Gasteiger partial charge in [0, 0.05) is 0 Å². The number of hydrogen-bond acceptors (Lipinski definition) is 2. The van der Waals surface area contributed by atoms with Gasteiger partial charge in [0.15, 0.2) is 0 Å². The van der Waals surface area contributed by atoms with E-state index in [4.69, 9.17) is 4.74 Å². The predicted octanol–water partition coefficient (Wildman–Crippen LogP) is 3.54. The molecule has 2 nitrogen and oxygen atoms in total. The molecule has 0 amide bonds. The summed E-state index contributed by atoms with van der Waals surface area (Å²) in [4.78, 5) is 11.8. The van der Waals surface area contributed by atoms with E-state index >= 15 is 0 Å². The van der Waals surface area contributed by atoms with Crippen molar-refractivity contribution in [2.75, 3.05) is 0 Å². The zero-order chi connectivity index (χ0) is 11.3. The Labute approximate surface area is 93.4 Å². The average molecular weight is 212 g/mol. The van der Waals surface area contributed by atoms with Gasteiger partial charge in [-0.2, -0.15) is 0 Å². The van der Waals surface area contributed by atoms with Crippen molar-refractivity contribution < 1.29 is 9.53 Å². The summed E-state index contributed by atoms with van der Waals surface area (Å²) in [5.41, 5.74) is 0. The minimum atomic E-state index is 0.0266. The van der Waals surface area contributed by atoms with Crippen LogP contribution in [0.15, 0.2) is 0 Å². The molecule has 0 bridgehead atoms. The van der Waals surface area contributed by atoms with E-state index in [-0.39, 0.29) is 18.0 Å². The fourth-order valence-electron chi connectivity index (χ4n) is 2.32. The molecule has 0 aromatic heterocycles. The molecular weight excluding hydrogens is 188 g/mol. The molecule has 0 heterocycles. The zero-order valence-corrected chi connectivity index (χ0v) is 10.3. The van der Waals surface area contributed by atoms with Gasteiger partial charge in [0.2, 0.25) is 0 Å². The smallest absolute Gasteiger partial charge is 0.309 e. The number of esters is 1. The summed E-state index contributed by atoms with van der Waals surface area (Å²) in [5.74, 6) is 0.690. The molecule has 2 atom stereocenters. The van der Waals surface area contributed by atoms with Crippen molar-refractivity contribution in [1.82, 2.24) is 0 Å². The number of ether oxygens (including phenoxy) is 1. The number of carbonyl (C=O) groups is 1. The van der Waals surface area contributed by atoms with Crippen LogP contribution in [0.5, 0.6) is 0 Å². The molecule has 15 heavy (non-hydrogen) atoms. The first kappa shape index (κ1) is 12.5. The Kier molecular flexibility index (Phi) is 5.13. The highest BCUT2D eigenvalue weighted by Crippen LogP contribution is 2.27. The van der Waals surface area contributed by atoms with Gasteiger partial charge in [-0.25, -0.2) is 0 Å². The Morgan fingerprint density at radius 1 is 1.27 bits per heavy atom. The molecule has 0 N–H and O–H groups in total. The van der Waals surface area contributed by atoms with E-state index in [2.05, 4.69) is 20.8 Å². The molecule has 0 unspecified atom stereocenters. The Bertz CT molecular complexity index is 197. The van der Waals surface area contributed by atoms with Crippen molar-refractivity contribution in [2.45, 2.75) is 65.4 Å². The van der Waals surface area contributed by atoms with E-state index in [1.807, 2.05) is 0 Å². The van der Waals surface area contributed by atoms with Crippen molar-refractivity contribution in [3.63, 3.8) is 0 Å². The first-order valence-corrected chi connectivity index (χ1v) is 6.39. The van der Waals surface area contributed by atoms with E-state index in [9.17, 15) is 4.79 Å². The highest BCUT2D eigenvalue weighted by molar-refractivity contribution is 5.72. The maximum absolute atomic E-state index is 11.8. The molecule has 0 saturated heterocycles. The molecule has 1 aliphatic rings. The van der Waals surface area contributed by atoms with Crippen LogP contribution in [-0.4, -0.2) is 12.1 Å². The van der Waals surface area contributed by atoms with E-state index in [1.54, 1.807) is 0 Å². The van der Waals surface area contributed by atoms with Crippen molar-refractivity contribution in [3.8, 4) is 0 Å². The quantitative estimate of drug-likeness (QED) is 0.666. The van der Waals surface area contributed by atoms with Gasteiger partial charge in [-0.1, -0.05) is 27.2 Å². The van der Waals surface area contributed by atoms with E-state index in [0.717, 1.165) is 19.3 Å².